The van der Waals surface area contributed by atoms with Crippen molar-refractivity contribution in [2.75, 3.05) is 18.5 Å². The molecule has 0 aliphatic heterocycles. The second-order valence-corrected chi connectivity index (χ2v) is 11.2. The van der Waals surface area contributed by atoms with Crippen LogP contribution in [0.5, 0.6) is 0 Å². The van der Waals surface area contributed by atoms with Crippen LogP contribution >= 0.6 is 7.06 Å². The molecule has 0 atom stereocenters. The molecule has 0 unspecified atom stereocenters. The summed E-state index contributed by atoms with van der Waals surface area (Å²) < 4.78 is 0. The van der Waals surface area contributed by atoms with Gasteiger partial charge in [0.2, 0.25) is 0 Å². The van der Waals surface area contributed by atoms with E-state index in [4.69, 9.17) is 0 Å². The van der Waals surface area contributed by atoms with Gasteiger partial charge in [0.25, 0.3) is 0 Å². The first-order valence-corrected chi connectivity index (χ1v) is 11.7. The number of unbranched alkanes of at least 4 members (excludes halogenated alkanes) is 8. The summed E-state index contributed by atoms with van der Waals surface area (Å²) in [5, 5.41) is 0. The molecular weight excluding hydrogens is 267 g/mol. The Morgan fingerprint density at radius 2 is 0.800 bits per heavy atom. The van der Waals surface area contributed by atoms with Gasteiger partial charge in [0, 0.05) is 0 Å². The normalized spacial score (nSPS) is 14.2. The predicted octanol–water partition coefficient (Wildman–Crippen LogP) is 5.71. The first-order valence-electron chi connectivity index (χ1n) is 8.97. The summed E-state index contributed by atoms with van der Waals surface area (Å²) in [6.07, 6.45) is 14.5. The van der Waals surface area contributed by atoms with Gasteiger partial charge in [-0.1, -0.05) is 0 Å². The Balaban J connectivity index is 4.27. The van der Waals surface area contributed by atoms with Crippen molar-refractivity contribution in [3.63, 3.8) is 0 Å². The van der Waals surface area contributed by atoms with Crippen LogP contribution in [-0.4, -0.2) is 28.3 Å². The summed E-state index contributed by atoms with van der Waals surface area (Å²) in [6.45, 7) is 6.56. The molecule has 2 nitrogen and oxygen atoms in total. The second-order valence-electron chi connectivity index (χ2n) is 6.61. The molecule has 0 aromatic rings. The van der Waals surface area contributed by atoms with Crippen LogP contribution in [0.1, 0.15) is 91.4 Å². The van der Waals surface area contributed by atoms with E-state index in [0.29, 0.717) is 18.5 Å². The first kappa shape index (κ1) is 20.3. The molecule has 0 aromatic carbocycles. The minimum atomic E-state index is -3.36. The van der Waals surface area contributed by atoms with Crippen molar-refractivity contribution in [2.45, 2.75) is 91.4 Å². The van der Waals surface area contributed by atoms with Crippen LogP contribution in [0.4, 0.5) is 0 Å². The molecule has 0 aliphatic carbocycles. The van der Waals surface area contributed by atoms with Crippen molar-refractivity contribution >= 4 is 7.06 Å². The van der Waals surface area contributed by atoms with Gasteiger partial charge in [-0.25, -0.2) is 0 Å². The summed E-state index contributed by atoms with van der Waals surface area (Å²) >= 11 is 0. The third kappa shape index (κ3) is 10.1. The van der Waals surface area contributed by atoms with Crippen molar-refractivity contribution in [1.82, 2.24) is 0 Å². The fourth-order valence-corrected chi connectivity index (χ4v) is 6.40. The third-order valence-corrected chi connectivity index (χ3v) is 8.38. The Hall–Kier alpha value is 0.350. The molecule has 0 saturated heterocycles. The Morgan fingerprint density at radius 1 is 0.500 bits per heavy atom. The van der Waals surface area contributed by atoms with Gasteiger partial charge >= 0.3 is 127 Å². The average molecular weight is 306 g/mol. The molecule has 0 radical (unpaired) electrons. The minimum absolute atomic E-state index is 0.678. The molecule has 0 fully saturated rings. The zero-order valence-corrected chi connectivity index (χ0v) is 15.1. The third-order valence-electron chi connectivity index (χ3n) is 4.33. The van der Waals surface area contributed by atoms with Gasteiger partial charge in [-0.15, -0.1) is 0 Å². The average Bonchev–Trinajstić information content (AvgIpc) is 2.39. The van der Waals surface area contributed by atoms with Crippen LogP contribution in [0.15, 0.2) is 0 Å². The molecule has 3 heteroatoms. The molecule has 0 heterocycles. The Bertz CT molecular complexity index is 215. The van der Waals surface area contributed by atoms with Crippen LogP contribution < -0.4 is 0 Å². The van der Waals surface area contributed by atoms with E-state index in [1.54, 1.807) is 0 Å². The van der Waals surface area contributed by atoms with Crippen molar-refractivity contribution in [2.24, 2.45) is 0 Å². The summed E-state index contributed by atoms with van der Waals surface area (Å²) in [4.78, 5) is 21.9. The fraction of sp³-hybridized carbons (Fsp3) is 1.00. The van der Waals surface area contributed by atoms with Crippen molar-refractivity contribution in [3.05, 3.63) is 0 Å². The number of rotatable bonds is 14. The zero-order chi connectivity index (χ0) is 15.3. The molecule has 0 spiro atoms. The molecule has 0 aliphatic rings. The Kier molecular flexibility index (Phi) is 11.2. The van der Waals surface area contributed by atoms with Gasteiger partial charge in [0.05, 0.1) is 0 Å². The Labute approximate surface area is 127 Å². The predicted molar refractivity (Wildman–Crippen MR) is 93.8 cm³/mol. The SMILES string of the molecule is CCCCCCCP(O)(O)(CCCCC)CCCCC. The molecule has 2 N–H and O–H groups in total. The molecule has 0 amide bonds. The molecular formula is C17H39O2P. The van der Waals surface area contributed by atoms with E-state index in [1.165, 1.54) is 19.3 Å². The second kappa shape index (κ2) is 11.0. The van der Waals surface area contributed by atoms with Crippen LogP contribution in [0.3, 0.4) is 0 Å². The van der Waals surface area contributed by atoms with E-state index in [9.17, 15) is 9.79 Å². The van der Waals surface area contributed by atoms with Gasteiger partial charge in [-0.05, 0) is 0 Å². The van der Waals surface area contributed by atoms with Crippen LogP contribution in [0.25, 0.3) is 0 Å². The zero-order valence-electron chi connectivity index (χ0n) is 14.2. The van der Waals surface area contributed by atoms with E-state index < -0.39 is 7.06 Å². The van der Waals surface area contributed by atoms with Crippen LogP contribution in [0.2, 0.25) is 0 Å². The summed E-state index contributed by atoms with van der Waals surface area (Å²) in [5.41, 5.74) is 0. The van der Waals surface area contributed by atoms with Crippen LogP contribution in [-0.2, 0) is 0 Å². The Morgan fingerprint density at radius 3 is 1.20 bits per heavy atom. The number of hydrogen-bond donors (Lipinski definition) is 2. The molecule has 0 bridgehead atoms. The summed E-state index contributed by atoms with van der Waals surface area (Å²) in [7, 11) is -3.36. The first-order chi connectivity index (χ1) is 9.46. The molecule has 0 aromatic heterocycles. The van der Waals surface area contributed by atoms with Gasteiger partial charge in [-0.2, -0.15) is 0 Å². The maximum atomic E-state index is 11.0. The van der Waals surface area contributed by atoms with E-state index in [2.05, 4.69) is 20.8 Å². The quantitative estimate of drug-likeness (QED) is 0.319. The summed E-state index contributed by atoms with van der Waals surface area (Å²) in [5.74, 6) is 0. The van der Waals surface area contributed by atoms with Crippen molar-refractivity contribution < 1.29 is 9.79 Å². The van der Waals surface area contributed by atoms with Gasteiger partial charge in [0.1, 0.15) is 0 Å². The van der Waals surface area contributed by atoms with E-state index in [-0.39, 0.29) is 0 Å². The topological polar surface area (TPSA) is 40.5 Å². The van der Waals surface area contributed by atoms with Gasteiger partial charge in [-0.3, -0.25) is 0 Å². The van der Waals surface area contributed by atoms with Crippen LogP contribution in [0, 0.1) is 0 Å². The van der Waals surface area contributed by atoms with Crippen molar-refractivity contribution in [3.8, 4) is 0 Å². The molecule has 0 rings (SSSR count). The summed E-state index contributed by atoms with van der Waals surface area (Å²) in [6, 6.07) is 0. The van der Waals surface area contributed by atoms with Gasteiger partial charge in [0.15, 0.2) is 0 Å². The standard InChI is InChI=1S/C17H39O2P/c1-4-7-10-11-14-17-20(18,19,15-12-8-5-2)16-13-9-6-3/h18-19H,4-17H2,1-3H3. The fourth-order valence-electron chi connectivity index (χ4n) is 2.87. The van der Waals surface area contributed by atoms with Crippen molar-refractivity contribution in [1.29, 1.82) is 0 Å². The van der Waals surface area contributed by atoms with E-state index in [0.717, 1.165) is 51.4 Å². The molecule has 20 heavy (non-hydrogen) atoms. The van der Waals surface area contributed by atoms with Gasteiger partial charge < -0.3 is 0 Å². The monoisotopic (exact) mass is 306 g/mol. The molecule has 124 valence electrons. The van der Waals surface area contributed by atoms with E-state index in [1.807, 2.05) is 0 Å². The van der Waals surface area contributed by atoms with E-state index >= 15 is 0 Å². The molecule has 0 saturated carbocycles. The maximum absolute atomic E-state index is 11.0. The number of hydrogen-bond acceptors (Lipinski definition) is 2.